The molecule has 1 atom stereocenters. The third-order valence-corrected chi connectivity index (χ3v) is 3.60. The molecule has 1 heterocycles. The summed E-state index contributed by atoms with van der Waals surface area (Å²) >= 11 is 2.03. The van der Waals surface area contributed by atoms with Crippen LogP contribution in [0.2, 0.25) is 0 Å². The van der Waals surface area contributed by atoms with Crippen LogP contribution in [0.4, 0.5) is 0 Å². The van der Waals surface area contributed by atoms with Crippen LogP contribution in [0, 0.1) is 0 Å². The van der Waals surface area contributed by atoms with E-state index in [-0.39, 0.29) is 0 Å². The van der Waals surface area contributed by atoms with Crippen molar-refractivity contribution in [2.24, 2.45) is 0 Å². The molecule has 1 unspecified atom stereocenters. The predicted molar refractivity (Wildman–Crippen MR) is 49.4 cm³/mol. The van der Waals surface area contributed by atoms with Crippen molar-refractivity contribution in [2.75, 3.05) is 5.75 Å². The van der Waals surface area contributed by atoms with Crippen LogP contribution in [0.1, 0.15) is 19.3 Å². The van der Waals surface area contributed by atoms with E-state index in [2.05, 4.69) is 19.2 Å². The van der Waals surface area contributed by atoms with Gasteiger partial charge in [0.15, 0.2) is 0 Å². The SMILES string of the molecule is C=CCC1(C=C)CCCS1. The van der Waals surface area contributed by atoms with Gasteiger partial charge in [0.05, 0.1) is 0 Å². The van der Waals surface area contributed by atoms with Gasteiger partial charge < -0.3 is 0 Å². The van der Waals surface area contributed by atoms with Crippen molar-refractivity contribution in [1.82, 2.24) is 0 Å². The first-order valence-corrected chi connectivity index (χ1v) is 4.70. The summed E-state index contributed by atoms with van der Waals surface area (Å²) in [4.78, 5) is 0. The quantitative estimate of drug-likeness (QED) is 0.563. The Bertz CT molecular complexity index is 132. The van der Waals surface area contributed by atoms with Crippen molar-refractivity contribution in [2.45, 2.75) is 24.0 Å². The average molecular weight is 154 g/mol. The van der Waals surface area contributed by atoms with Crippen LogP contribution in [0.25, 0.3) is 0 Å². The summed E-state index contributed by atoms with van der Waals surface area (Å²) < 4.78 is 0.349. The lowest BCUT2D eigenvalue weighted by Crippen LogP contribution is -2.15. The third-order valence-electron chi connectivity index (χ3n) is 2.00. The number of hydrogen-bond acceptors (Lipinski definition) is 1. The van der Waals surface area contributed by atoms with Gasteiger partial charge in [-0.25, -0.2) is 0 Å². The van der Waals surface area contributed by atoms with Crippen LogP contribution in [-0.2, 0) is 0 Å². The van der Waals surface area contributed by atoms with Crippen LogP contribution in [0.3, 0.4) is 0 Å². The normalized spacial score (nSPS) is 32.0. The fourth-order valence-corrected chi connectivity index (χ4v) is 2.71. The van der Waals surface area contributed by atoms with E-state index < -0.39 is 0 Å². The molecule has 0 amide bonds. The molecule has 0 saturated carbocycles. The zero-order valence-corrected chi connectivity index (χ0v) is 7.12. The Labute approximate surface area is 67.4 Å². The zero-order chi connectivity index (χ0) is 7.45. The molecule has 0 aromatic carbocycles. The van der Waals surface area contributed by atoms with Crippen LogP contribution in [0.15, 0.2) is 25.3 Å². The van der Waals surface area contributed by atoms with E-state index in [0.717, 1.165) is 6.42 Å². The molecule has 1 aliphatic heterocycles. The van der Waals surface area contributed by atoms with Gasteiger partial charge in [0, 0.05) is 4.75 Å². The van der Waals surface area contributed by atoms with E-state index in [1.807, 2.05) is 17.8 Å². The van der Waals surface area contributed by atoms with Crippen molar-refractivity contribution in [3.63, 3.8) is 0 Å². The van der Waals surface area contributed by atoms with Gasteiger partial charge in [-0.3, -0.25) is 0 Å². The second-order valence-corrected chi connectivity index (χ2v) is 4.22. The molecular weight excluding hydrogens is 140 g/mol. The minimum Gasteiger partial charge on any atom is -0.151 e. The molecule has 0 aliphatic carbocycles. The first-order valence-electron chi connectivity index (χ1n) is 3.71. The molecule has 0 spiro atoms. The highest BCUT2D eigenvalue weighted by atomic mass is 32.2. The number of rotatable bonds is 3. The van der Waals surface area contributed by atoms with Crippen molar-refractivity contribution in [3.8, 4) is 0 Å². The molecule has 0 radical (unpaired) electrons. The van der Waals surface area contributed by atoms with E-state index in [1.54, 1.807) is 0 Å². The number of thioether (sulfide) groups is 1. The summed E-state index contributed by atoms with van der Waals surface area (Å²) in [6.07, 6.45) is 7.80. The van der Waals surface area contributed by atoms with Gasteiger partial charge in [0.25, 0.3) is 0 Å². The van der Waals surface area contributed by atoms with Gasteiger partial charge in [0.2, 0.25) is 0 Å². The summed E-state index contributed by atoms with van der Waals surface area (Å²) in [5.41, 5.74) is 0. The van der Waals surface area contributed by atoms with Crippen molar-refractivity contribution >= 4 is 11.8 Å². The summed E-state index contributed by atoms with van der Waals surface area (Å²) in [6.45, 7) is 7.62. The van der Waals surface area contributed by atoms with E-state index in [4.69, 9.17) is 0 Å². The molecule has 0 aromatic heterocycles. The average Bonchev–Trinajstić information content (AvgIpc) is 2.39. The largest absolute Gasteiger partial charge is 0.151 e. The van der Waals surface area contributed by atoms with E-state index in [0.29, 0.717) is 4.75 Å². The van der Waals surface area contributed by atoms with E-state index in [9.17, 15) is 0 Å². The Balaban J connectivity index is 2.57. The molecule has 0 aromatic rings. The van der Waals surface area contributed by atoms with Gasteiger partial charge in [-0.2, -0.15) is 11.8 Å². The smallest absolute Gasteiger partial charge is 0.0370 e. The second kappa shape index (κ2) is 3.29. The van der Waals surface area contributed by atoms with Gasteiger partial charge in [0.1, 0.15) is 0 Å². The van der Waals surface area contributed by atoms with Crippen LogP contribution < -0.4 is 0 Å². The molecule has 1 aliphatic rings. The molecule has 0 N–H and O–H groups in total. The first kappa shape index (κ1) is 7.93. The first-order chi connectivity index (χ1) is 4.83. The predicted octanol–water partition coefficient (Wildman–Crippen LogP) is 3.01. The summed E-state index contributed by atoms with van der Waals surface area (Å²) in [7, 11) is 0. The van der Waals surface area contributed by atoms with Gasteiger partial charge in [-0.1, -0.05) is 12.2 Å². The molecule has 1 heteroatoms. The maximum Gasteiger partial charge on any atom is 0.0370 e. The molecule has 1 rings (SSSR count). The summed E-state index contributed by atoms with van der Waals surface area (Å²) in [6, 6.07) is 0. The van der Waals surface area contributed by atoms with Crippen LogP contribution in [-0.4, -0.2) is 10.5 Å². The topological polar surface area (TPSA) is 0 Å². The summed E-state index contributed by atoms with van der Waals surface area (Å²) in [5, 5.41) is 0. The third kappa shape index (κ3) is 1.46. The van der Waals surface area contributed by atoms with Crippen LogP contribution >= 0.6 is 11.8 Å². The van der Waals surface area contributed by atoms with Gasteiger partial charge in [-0.05, 0) is 25.0 Å². The fraction of sp³-hybridized carbons (Fsp3) is 0.556. The monoisotopic (exact) mass is 154 g/mol. The summed E-state index contributed by atoms with van der Waals surface area (Å²) in [5.74, 6) is 1.29. The van der Waals surface area contributed by atoms with Crippen molar-refractivity contribution in [1.29, 1.82) is 0 Å². The van der Waals surface area contributed by atoms with Gasteiger partial charge >= 0.3 is 0 Å². The zero-order valence-electron chi connectivity index (χ0n) is 6.31. The number of allylic oxidation sites excluding steroid dienone is 1. The van der Waals surface area contributed by atoms with Crippen molar-refractivity contribution in [3.05, 3.63) is 25.3 Å². The van der Waals surface area contributed by atoms with E-state index >= 15 is 0 Å². The van der Waals surface area contributed by atoms with Crippen LogP contribution in [0.5, 0.6) is 0 Å². The minimum atomic E-state index is 0.349. The lowest BCUT2D eigenvalue weighted by atomic mass is 10.00. The number of hydrogen-bond donors (Lipinski definition) is 0. The highest BCUT2D eigenvalue weighted by Crippen LogP contribution is 2.41. The highest BCUT2D eigenvalue weighted by Gasteiger charge is 2.29. The fourth-order valence-electron chi connectivity index (χ4n) is 1.37. The Morgan fingerprint density at radius 1 is 1.50 bits per heavy atom. The molecule has 1 fully saturated rings. The van der Waals surface area contributed by atoms with E-state index in [1.165, 1.54) is 18.6 Å². The molecular formula is C9H14S. The standard InChI is InChI=1S/C9H14S/c1-3-6-9(4-2)7-5-8-10-9/h3-4H,1-2,5-8H2. The minimum absolute atomic E-state index is 0.349. The Kier molecular flexibility index (Phi) is 2.61. The molecule has 0 bridgehead atoms. The molecule has 56 valence electrons. The second-order valence-electron chi connectivity index (χ2n) is 2.71. The Hall–Kier alpha value is -0.170. The molecule has 0 nitrogen and oxygen atoms in total. The molecule has 1 saturated heterocycles. The maximum atomic E-state index is 3.86. The highest BCUT2D eigenvalue weighted by molar-refractivity contribution is 8.01. The lowest BCUT2D eigenvalue weighted by Gasteiger charge is -2.21. The van der Waals surface area contributed by atoms with Crippen molar-refractivity contribution < 1.29 is 0 Å². The molecule has 10 heavy (non-hydrogen) atoms. The Morgan fingerprint density at radius 3 is 2.70 bits per heavy atom. The maximum absolute atomic E-state index is 3.86. The lowest BCUT2D eigenvalue weighted by molar-refractivity contribution is 0.675. The Morgan fingerprint density at radius 2 is 2.30 bits per heavy atom. The van der Waals surface area contributed by atoms with Gasteiger partial charge in [-0.15, -0.1) is 13.2 Å².